The molecule has 1 fully saturated rings. The number of anilines is 1. The van der Waals surface area contributed by atoms with Crippen LogP contribution in [-0.4, -0.2) is 44.5 Å². The van der Waals surface area contributed by atoms with E-state index < -0.39 is 0 Å². The van der Waals surface area contributed by atoms with Crippen LogP contribution >= 0.6 is 0 Å². The Kier molecular flexibility index (Phi) is 5.65. The predicted molar refractivity (Wildman–Crippen MR) is 118 cm³/mol. The number of nitrogens with one attached hydrogen (secondary N) is 3. The highest BCUT2D eigenvalue weighted by Gasteiger charge is 2.38. The van der Waals surface area contributed by atoms with Crippen LogP contribution in [0.2, 0.25) is 0 Å². The maximum Gasteiger partial charge on any atom is 0.273 e. The molecular formula is C23H24FN5O3. The number of likely N-dealkylation sites (tertiary alicyclic amines) is 1. The van der Waals surface area contributed by atoms with E-state index in [-0.39, 0.29) is 35.2 Å². The van der Waals surface area contributed by atoms with E-state index in [0.29, 0.717) is 46.7 Å². The van der Waals surface area contributed by atoms with Gasteiger partial charge in [-0.25, -0.2) is 9.49 Å². The SMILES string of the molecule is Cc1cc(NC(=O)[C@H]2CCN(C(=O)c3ccc(-c4c(C)cn[nH]c4=O)[nH]3)[C@H]2C)ccc1F. The topological polar surface area (TPSA) is 111 Å². The molecule has 2 aromatic heterocycles. The molecule has 4 rings (SSSR count). The fourth-order valence-corrected chi connectivity index (χ4v) is 4.18. The Labute approximate surface area is 183 Å². The van der Waals surface area contributed by atoms with Gasteiger partial charge < -0.3 is 15.2 Å². The molecular weight excluding hydrogens is 413 g/mol. The molecule has 32 heavy (non-hydrogen) atoms. The van der Waals surface area contributed by atoms with Gasteiger partial charge in [0.05, 0.1) is 23.4 Å². The van der Waals surface area contributed by atoms with Gasteiger partial charge in [0.15, 0.2) is 0 Å². The number of aryl methyl sites for hydroxylation is 2. The molecule has 1 saturated heterocycles. The second-order valence-corrected chi connectivity index (χ2v) is 8.13. The lowest BCUT2D eigenvalue weighted by atomic mass is 10.0. The van der Waals surface area contributed by atoms with Gasteiger partial charge in [-0.3, -0.25) is 14.4 Å². The summed E-state index contributed by atoms with van der Waals surface area (Å²) in [6.45, 7) is 5.68. The van der Waals surface area contributed by atoms with Crippen molar-refractivity contribution in [1.29, 1.82) is 0 Å². The molecule has 2 amide bonds. The number of carbonyl (C=O) groups is 2. The number of aromatic amines is 2. The maximum atomic E-state index is 13.5. The first-order valence-corrected chi connectivity index (χ1v) is 10.4. The van der Waals surface area contributed by atoms with Crippen LogP contribution < -0.4 is 10.9 Å². The lowest BCUT2D eigenvalue weighted by Crippen LogP contribution is -2.39. The number of aromatic nitrogens is 3. The van der Waals surface area contributed by atoms with E-state index in [1.165, 1.54) is 12.1 Å². The summed E-state index contributed by atoms with van der Waals surface area (Å²) in [5.74, 6) is -1.16. The Morgan fingerprint density at radius 1 is 1.19 bits per heavy atom. The molecule has 1 aliphatic heterocycles. The lowest BCUT2D eigenvalue weighted by Gasteiger charge is -2.24. The Bertz CT molecular complexity index is 1250. The Morgan fingerprint density at radius 2 is 1.97 bits per heavy atom. The Balaban J connectivity index is 1.48. The third kappa shape index (κ3) is 3.93. The predicted octanol–water partition coefficient (Wildman–Crippen LogP) is 3.01. The summed E-state index contributed by atoms with van der Waals surface area (Å²) in [5, 5.41) is 8.99. The number of benzene rings is 1. The summed E-state index contributed by atoms with van der Waals surface area (Å²) in [6, 6.07) is 7.43. The number of hydrogen-bond acceptors (Lipinski definition) is 4. The molecule has 9 heteroatoms. The molecule has 3 heterocycles. The smallest absolute Gasteiger partial charge is 0.273 e. The van der Waals surface area contributed by atoms with Crippen molar-refractivity contribution in [3.63, 3.8) is 0 Å². The van der Waals surface area contributed by atoms with E-state index in [1.54, 1.807) is 43.1 Å². The molecule has 0 bridgehead atoms. The fourth-order valence-electron chi connectivity index (χ4n) is 4.18. The van der Waals surface area contributed by atoms with Crippen molar-refractivity contribution >= 4 is 17.5 Å². The van der Waals surface area contributed by atoms with Gasteiger partial charge in [-0.05, 0) is 68.7 Å². The summed E-state index contributed by atoms with van der Waals surface area (Å²) >= 11 is 0. The third-order valence-electron chi connectivity index (χ3n) is 6.01. The number of halogens is 1. The zero-order chi connectivity index (χ0) is 23.0. The van der Waals surface area contributed by atoms with Gasteiger partial charge in [0, 0.05) is 18.3 Å². The van der Waals surface area contributed by atoms with E-state index in [2.05, 4.69) is 20.5 Å². The molecule has 0 aliphatic carbocycles. The van der Waals surface area contributed by atoms with Gasteiger partial charge in [-0.1, -0.05) is 0 Å². The van der Waals surface area contributed by atoms with Crippen molar-refractivity contribution in [2.24, 2.45) is 5.92 Å². The standard InChI is InChI=1S/C23H24FN5O3/c1-12-10-15(4-5-17(12)24)26-21(30)16-8-9-29(14(16)3)23(32)19-7-6-18(27-19)20-13(2)11-25-28-22(20)31/h4-7,10-11,14,16,27H,8-9H2,1-3H3,(H,26,30)(H,28,31)/t14-,16-/m0/s1. The van der Waals surface area contributed by atoms with Gasteiger partial charge >= 0.3 is 0 Å². The van der Waals surface area contributed by atoms with Crippen LogP contribution in [0.4, 0.5) is 10.1 Å². The average Bonchev–Trinajstić information content (AvgIpc) is 3.37. The van der Waals surface area contributed by atoms with Gasteiger partial charge in [-0.15, -0.1) is 0 Å². The van der Waals surface area contributed by atoms with Crippen LogP contribution in [0.25, 0.3) is 11.3 Å². The minimum Gasteiger partial charge on any atom is -0.350 e. The van der Waals surface area contributed by atoms with Crippen molar-refractivity contribution in [3.8, 4) is 11.3 Å². The van der Waals surface area contributed by atoms with Crippen molar-refractivity contribution in [2.45, 2.75) is 33.2 Å². The van der Waals surface area contributed by atoms with Gasteiger partial charge in [0.1, 0.15) is 11.5 Å². The zero-order valence-electron chi connectivity index (χ0n) is 18.0. The summed E-state index contributed by atoms with van der Waals surface area (Å²) < 4.78 is 13.5. The minimum atomic E-state index is -0.385. The van der Waals surface area contributed by atoms with E-state index in [9.17, 15) is 18.8 Å². The first-order valence-electron chi connectivity index (χ1n) is 10.4. The molecule has 8 nitrogen and oxygen atoms in total. The molecule has 0 saturated carbocycles. The molecule has 3 N–H and O–H groups in total. The Morgan fingerprint density at radius 3 is 2.69 bits per heavy atom. The molecule has 2 atom stereocenters. The fraction of sp³-hybridized carbons (Fsp3) is 0.304. The number of carbonyl (C=O) groups excluding carboxylic acids is 2. The highest BCUT2D eigenvalue weighted by Crippen LogP contribution is 2.28. The summed E-state index contributed by atoms with van der Waals surface area (Å²) in [4.78, 5) is 42.7. The molecule has 0 spiro atoms. The van der Waals surface area contributed by atoms with Crippen LogP contribution in [-0.2, 0) is 4.79 Å². The molecule has 0 radical (unpaired) electrons. The van der Waals surface area contributed by atoms with Gasteiger partial charge in [0.25, 0.3) is 11.5 Å². The van der Waals surface area contributed by atoms with Crippen molar-refractivity contribution in [2.75, 3.05) is 11.9 Å². The lowest BCUT2D eigenvalue weighted by molar-refractivity contribution is -0.120. The normalized spacial score (nSPS) is 18.1. The zero-order valence-corrected chi connectivity index (χ0v) is 18.0. The Hall–Kier alpha value is -3.75. The minimum absolute atomic E-state index is 0.204. The number of hydrogen-bond donors (Lipinski definition) is 3. The number of rotatable bonds is 4. The van der Waals surface area contributed by atoms with E-state index in [0.717, 1.165) is 0 Å². The molecule has 0 unspecified atom stereocenters. The van der Waals surface area contributed by atoms with E-state index in [4.69, 9.17) is 0 Å². The largest absolute Gasteiger partial charge is 0.350 e. The van der Waals surface area contributed by atoms with E-state index in [1.807, 2.05) is 6.92 Å². The van der Waals surface area contributed by atoms with Crippen LogP contribution in [0.5, 0.6) is 0 Å². The number of nitrogens with zero attached hydrogens (tertiary/aromatic N) is 2. The molecule has 1 aromatic carbocycles. The highest BCUT2D eigenvalue weighted by atomic mass is 19.1. The summed E-state index contributed by atoms with van der Waals surface area (Å²) in [6.07, 6.45) is 2.07. The number of amides is 2. The van der Waals surface area contributed by atoms with Crippen molar-refractivity contribution < 1.29 is 14.0 Å². The van der Waals surface area contributed by atoms with Crippen molar-refractivity contribution in [3.05, 3.63) is 69.5 Å². The van der Waals surface area contributed by atoms with Crippen LogP contribution in [0.3, 0.4) is 0 Å². The summed E-state index contributed by atoms with van der Waals surface area (Å²) in [5.41, 5.74) is 2.63. The first-order chi connectivity index (χ1) is 15.3. The van der Waals surface area contributed by atoms with Gasteiger partial charge in [-0.2, -0.15) is 5.10 Å². The third-order valence-corrected chi connectivity index (χ3v) is 6.01. The second kappa shape index (κ2) is 8.41. The second-order valence-electron chi connectivity index (χ2n) is 8.13. The van der Waals surface area contributed by atoms with E-state index >= 15 is 0 Å². The monoisotopic (exact) mass is 437 g/mol. The number of H-pyrrole nitrogens is 2. The van der Waals surface area contributed by atoms with Crippen LogP contribution in [0.1, 0.15) is 35.0 Å². The summed E-state index contributed by atoms with van der Waals surface area (Å²) in [7, 11) is 0. The maximum absolute atomic E-state index is 13.5. The molecule has 1 aliphatic rings. The van der Waals surface area contributed by atoms with Gasteiger partial charge in [0.2, 0.25) is 5.91 Å². The first kappa shape index (κ1) is 21.5. The molecule has 166 valence electrons. The highest BCUT2D eigenvalue weighted by molar-refractivity contribution is 5.97. The molecule has 3 aromatic rings. The average molecular weight is 437 g/mol. The van der Waals surface area contributed by atoms with Crippen LogP contribution in [0.15, 0.2) is 41.3 Å². The van der Waals surface area contributed by atoms with Crippen molar-refractivity contribution in [1.82, 2.24) is 20.1 Å². The van der Waals surface area contributed by atoms with Crippen LogP contribution in [0, 0.1) is 25.6 Å². The quantitative estimate of drug-likeness (QED) is 0.583.